The molecule has 0 atom stereocenters. The second-order valence-electron chi connectivity index (χ2n) is 20.2. The van der Waals surface area contributed by atoms with Crippen LogP contribution < -0.4 is 20.1 Å². The summed E-state index contributed by atoms with van der Waals surface area (Å²) in [5, 5.41) is 52.3. The first-order valence-electron chi connectivity index (χ1n) is 31.6. The van der Waals surface area contributed by atoms with E-state index in [0.717, 1.165) is 33.4 Å². The van der Waals surface area contributed by atoms with E-state index in [-0.39, 0.29) is 34.8 Å². The molecular formula is C68H95N3O18Si3. The smallest absolute Gasteiger partial charge is 0.501 e. The lowest BCUT2D eigenvalue weighted by atomic mass is 9.85. The van der Waals surface area contributed by atoms with Crippen molar-refractivity contribution in [1.82, 2.24) is 10.6 Å². The number of aromatic hydroxyl groups is 4. The zero-order valence-corrected chi connectivity index (χ0v) is 57.7. The Bertz CT molecular complexity index is 2770. The van der Waals surface area contributed by atoms with Gasteiger partial charge in [-0.25, -0.2) is 9.59 Å². The summed E-state index contributed by atoms with van der Waals surface area (Å²) in [5.41, 5.74) is 5.85. The number of nitrogens with zero attached hydrogens (tertiary/aromatic N) is 1. The second kappa shape index (κ2) is 42.7. The molecule has 0 aliphatic heterocycles. The Morgan fingerprint density at radius 3 is 0.804 bits per heavy atom. The summed E-state index contributed by atoms with van der Waals surface area (Å²) < 4.78 is 68.0. The fourth-order valence-corrected chi connectivity index (χ4v) is 17.8. The highest BCUT2D eigenvalue weighted by molar-refractivity contribution is 6.61. The van der Waals surface area contributed by atoms with Crippen LogP contribution in [-0.4, -0.2) is 138 Å². The maximum Gasteiger partial charge on any atom is 0.501 e. The molecule has 0 aromatic heterocycles. The number of hydrogen-bond acceptors (Lipinski definition) is 19. The molecule has 0 aliphatic carbocycles. The monoisotopic (exact) mass is 1330 g/mol. The van der Waals surface area contributed by atoms with E-state index in [1.807, 2.05) is 135 Å². The Kier molecular flexibility index (Phi) is 35.8. The second-order valence-corrected chi connectivity index (χ2v) is 28.4. The fourth-order valence-electron chi connectivity index (χ4n) is 9.97. The number of phenols is 4. The van der Waals surface area contributed by atoms with Crippen molar-refractivity contribution in [3.05, 3.63) is 179 Å². The number of hydrogen-bond donors (Lipinski definition) is 6. The summed E-state index contributed by atoms with van der Waals surface area (Å²) in [6.07, 6.45) is 2.45. The molecule has 0 heterocycles. The van der Waals surface area contributed by atoms with Gasteiger partial charge in [-0.1, -0.05) is 72.8 Å². The summed E-state index contributed by atoms with van der Waals surface area (Å²) in [7, 11) is -8.11. The van der Waals surface area contributed by atoms with E-state index in [1.165, 1.54) is 0 Å². The lowest BCUT2D eigenvalue weighted by Gasteiger charge is -2.28. The molecule has 0 saturated heterocycles. The topological polar surface area (TPSA) is 274 Å². The van der Waals surface area contributed by atoms with Gasteiger partial charge < -0.3 is 85.1 Å². The summed E-state index contributed by atoms with van der Waals surface area (Å²) in [4.78, 5) is 25.2. The van der Waals surface area contributed by atoms with E-state index >= 15 is 0 Å². The van der Waals surface area contributed by atoms with Crippen LogP contribution in [0, 0.1) is 11.5 Å². The number of phenolic OH excluding ortho intramolecular Hbond substituents is 4. The Morgan fingerprint density at radius 1 is 0.370 bits per heavy atom. The molecule has 6 N–H and O–H groups in total. The molecule has 6 rings (SSSR count). The van der Waals surface area contributed by atoms with Crippen LogP contribution in [0.4, 0.5) is 9.59 Å². The maximum absolute atomic E-state index is 12.6. The molecule has 0 saturated carbocycles. The molecule has 0 unspecified atom stereocenters. The first-order chi connectivity index (χ1) is 44.5. The Balaban J connectivity index is 0.000000383. The Morgan fingerprint density at radius 2 is 0.587 bits per heavy atom. The number of rotatable bonds is 38. The van der Waals surface area contributed by atoms with Gasteiger partial charge in [0.1, 0.15) is 41.1 Å². The van der Waals surface area contributed by atoms with Gasteiger partial charge in [0, 0.05) is 103 Å². The molecule has 502 valence electrons. The van der Waals surface area contributed by atoms with E-state index in [2.05, 4.69) is 15.4 Å². The zero-order chi connectivity index (χ0) is 67.0. The number of carbonyl (C=O) groups is 2. The van der Waals surface area contributed by atoms with Crippen molar-refractivity contribution in [2.45, 2.75) is 112 Å². The van der Waals surface area contributed by atoms with Gasteiger partial charge in [0.05, 0.1) is 0 Å². The third-order valence-corrected chi connectivity index (χ3v) is 23.1. The SMILES string of the molecule is CCO[Si](CCCNC(=O)Oc1ccc(C(c2ccc(O)cc2)c2ccc(OC(=O)NCCC[Si](OCC)(OCC)OCC)cc2)cc1)(OCC)OCC.CCO[Si](CCCOC#N)(OCC)OCC.Oc1ccc(C(c2ccc(O)cc2)c2ccc(O)cc2)cc1. The van der Waals surface area contributed by atoms with E-state index in [1.54, 1.807) is 79.1 Å². The predicted molar refractivity (Wildman–Crippen MR) is 357 cm³/mol. The first-order valence-corrected chi connectivity index (χ1v) is 37.4. The minimum absolute atomic E-state index is 0.0400. The Hall–Kier alpha value is -7.36. The predicted octanol–water partition coefficient (Wildman–Crippen LogP) is 13.5. The maximum atomic E-state index is 12.6. The molecular weight excluding hydrogens is 1230 g/mol. The fraction of sp³-hybridized carbons (Fsp3) is 0.426. The highest BCUT2D eigenvalue weighted by Crippen LogP contribution is 2.36. The van der Waals surface area contributed by atoms with Crippen LogP contribution in [0.5, 0.6) is 34.5 Å². The highest BCUT2D eigenvalue weighted by Gasteiger charge is 2.41. The van der Waals surface area contributed by atoms with Crippen LogP contribution in [0.15, 0.2) is 146 Å². The van der Waals surface area contributed by atoms with E-state index in [9.17, 15) is 30.0 Å². The van der Waals surface area contributed by atoms with E-state index < -0.39 is 38.6 Å². The number of amides is 2. The number of nitrogens with one attached hydrogen (secondary N) is 2. The quantitative estimate of drug-likeness (QED) is 0.00910. The van der Waals surface area contributed by atoms with Crippen molar-refractivity contribution in [2.75, 3.05) is 79.2 Å². The van der Waals surface area contributed by atoms with Crippen LogP contribution in [0.2, 0.25) is 18.1 Å². The van der Waals surface area contributed by atoms with Crippen LogP contribution in [-0.2, 0) is 44.6 Å². The molecule has 0 radical (unpaired) electrons. The molecule has 0 bridgehead atoms. The van der Waals surface area contributed by atoms with Gasteiger partial charge in [-0.3, -0.25) is 0 Å². The zero-order valence-electron chi connectivity index (χ0n) is 54.7. The minimum Gasteiger partial charge on any atom is -0.508 e. The number of nitriles is 1. The molecule has 0 fully saturated rings. The van der Waals surface area contributed by atoms with Gasteiger partial charge in [0.2, 0.25) is 0 Å². The lowest BCUT2D eigenvalue weighted by Crippen LogP contribution is -2.46. The lowest BCUT2D eigenvalue weighted by molar-refractivity contribution is 0.0688. The van der Waals surface area contributed by atoms with Crippen LogP contribution in [0.3, 0.4) is 0 Å². The van der Waals surface area contributed by atoms with Gasteiger partial charge in [-0.2, -0.15) is 5.26 Å². The average Bonchev–Trinajstić information content (AvgIpc) is 1.44. The van der Waals surface area contributed by atoms with Gasteiger partial charge >= 0.3 is 38.6 Å². The summed E-state index contributed by atoms with van der Waals surface area (Å²) >= 11 is 0. The summed E-state index contributed by atoms with van der Waals surface area (Å²) in [6, 6.07) is 44.6. The molecule has 6 aromatic carbocycles. The van der Waals surface area contributed by atoms with Crippen molar-refractivity contribution in [3.63, 3.8) is 0 Å². The molecule has 0 spiro atoms. The van der Waals surface area contributed by atoms with Crippen molar-refractivity contribution in [1.29, 1.82) is 5.26 Å². The van der Waals surface area contributed by atoms with Crippen LogP contribution in [0.25, 0.3) is 0 Å². The number of carbonyl (C=O) groups excluding carboxylic acids is 2. The summed E-state index contributed by atoms with van der Waals surface area (Å²) in [5.74, 6) is 1.33. The van der Waals surface area contributed by atoms with Crippen molar-refractivity contribution in [3.8, 4) is 40.8 Å². The van der Waals surface area contributed by atoms with Crippen LogP contribution in [0.1, 0.15) is 127 Å². The normalized spacial score (nSPS) is 11.4. The molecule has 21 nitrogen and oxygen atoms in total. The molecule has 24 heteroatoms. The Labute approximate surface area is 546 Å². The third kappa shape index (κ3) is 26.7. The number of benzene rings is 6. The molecule has 92 heavy (non-hydrogen) atoms. The molecule has 2 amide bonds. The largest absolute Gasteiger partial charge is 0.508 e. The van der Waals surface area contributed by atoms with Gasteiger partial charge in [-0.05, 0) is 188 Å². The van der Waals surface area contributed by atoms with Gasteiger partial charge in [0.25, 0.3) is 6.26 Å². The van der Waals surface area contributed by atoms with E-state index in [0.29, 0.717) is 128 Å². The standard InChI is InChI=1S/C39H58N2O11Si2.C19H16O3.C10H21NO4Si/c1-7-45-53(46-8-2,47-9-3)29-13-27-40-38(43)51-35-23-17-32(18-24-35)37(31-15-21-34(42)22-16-31)33-19-25-36(26-20-33)52-39(44)41-28-14-30-54(48-10-4,49-11-5)50-12-6;20-16-7-1-13(2-8-16)19(14-3-9-17(21)10-4-14)15-5-11-18(22)12-6-15;1-4-13-16(14-5-2,15-6-3)9-7-8-12-10-11/h15-26,37,42H,7-14,27-30H2,1-6H3,(H,40,43)(H,41,44);1-12,19-22H;4-9H2,1-3H3. The van der Waals surface area contributed by atoms with Crippen molar-refractivity contribution < 1.29 is 84.1 Å². The molecule has 6 aromatic rings. The van der Waals surface area contributed by atoms with Gasteiger partial charge in [0.15, 0.2) is 0 Å². The first kappa shape index (κ1) is 77.1. The van der Waals surface area contributed by atoms with Crippen molar-refractivity contribution in [2.24, 2.45) is 0 Å². The van der Waals surface area contributed by atoms with E-state index in [4.69, 9.17) is 54.6 Å². The highest BCUT2D eigenvalue weighted by atomic mass is 28.4. The summed E-state index contributed by atoms with van der Waals surface area (Å²) in [6.45, 7) is 23.1. The minimum atomic E-state index is -2.79. The van der Waals surface area contributed by atoms with Gasteiger partial charge in [-0.15, -0.1) is 0 Å². The number of ether oxygens (including phenoxy) is 3. The average molecular weight is 1330 g/mol. The van der Waals surface area contributed by atoms with Crippen LogP contribution >= 0.6 is 0 Å². The molecule has 0 aliphatic rings. The third-order valence-electron chi connectivity index (χ3n) is 13.7. The van der Waals surface area contributed by atoms with Crippen molar-refractivity contribution >= 4 is 38.6 Å².